The number of nitrogens with zero attached hydrogens (tertiary/aromatic N) is 3. The molecule has 94 valence electrons. The minimum atomic E-state index is -0.0159. The Morgan fingerprint density at radius 3 is 2.74 bits per heavy atom. The van der Waals surface area contributed by atoms with Crippen LogP contribution in [-0.2, 0) is 0 Å². The maximum atomic E-state index is 12.4. The fraction of sp³-hybridized carbons (Fsp3) is 0.0769. The summed E-state index contributed by atoms with van der Waals surface area (Å²) in [5.41, 5.74) is 2.34. The second kappa shape index (κ2) is 4.81. The number of fused-ring (bicyclic) bond motifs is 1. The second-order valence-electron chi connectivity index (χ2n) is 3.88. The molecule has 1 aliphatic rings. The SMILES string of the molecule is C/N=C1/C=C(Sc2nc[nH]n2)C(=O)c2ccccc21. The first-order valence-electron chi connectivity index (χ1n) is 5.66. The van der Waals surface area contributed by atoms with Crippen LogP contribution >= 0.6 is 11.8 Å². The van der Waals surface area contributed by atoms with Crippen LogP contribution in [0.15, 0.2) is 51.7 Å². The molecular formula is C13H10N4OS. The number of aromatic nitrogens is 3. The molecule has 1 heterocycles. The topological polar surface area (TPSA) is 71.0 Å². The maximum Gasteiger partial charge on any atom is 0.213 e. The average molecular weight is 270 g/mol. The van der Waals surface area contributed by atoms with Gasteiger partial charge in [-0.15, -0.1) is 5.10 Å². The minimum absolute atomic E-state index is 0.0159. The molecular weight excluding hydrogens is 260 g/mol. The number of Topliss-reactive ketones (excluding diaryl/α,β-unsaturated/α-hetero) is 1. The number of ketones is 1. The van der Waals surface area contributed by atoms with Crippen molar-refractivity contribution >= 4 is 23.3 Å². The fourth-order valence-corrected chi connectivity index (χ4v) is 2.68. The molecule has 3 rings (SSSR count). The van der Waals surface area contributed by atoms with Crippen LogP contribution in [0.1, 0.15) is 15.9 Å². The monoisotopic (exact) mass is 270 g/mol. The Bertz CT molecular complexity index is 688. The van der Waals surface area contributed by atoms with E-state index in [0.717, 1.165) is 11.3 Å². The van der Waals surface area contributed by atoms with Crippen LogP contribution in [-0.4, -0.2) is 33.7 Å². The molecule has 0 unspecified atom stereocenters. The van der Waals surface area contributed by atoms with E-state index in [2.05, 4.69) is 20.2 Å². The van der Waals surface area contributed by atoms with Crippen LogP contribution in [0, 0.1) is 0 Å². The lowest BCUT2D eigenvalue weighted by Crippen LogP contribution is -2.16. The van der Waals surface area contributed by atoms with Crippen LogP contribution in [0.4, 0.5) is 0 Å². The number of aromatic amines is 1. The normalized spacial score (nSPS) is 16.4. The van der Waals surface area contributed by atoms with Crippen molar-refractivity contribution in [2.45, 2.75) is 5.16 Å². The highest BCUT2D eigenvalue weighted by atomic mass is 32.2. The lowest BCUT2D eigenvalue weighted by molar-refractivity contribution is 0.104. The van der Waals surface area contributed by atoms with Crippen molar-refractivity contribution in [3.63, 3.8) is 0 Å². The summed E-state index contributed by atoms with van der Waals surface area (Å²) in [6.45, 7) is 0. The van der Waals surface area contributed by atoms with Gasteiger partial charge in [-0.2, -0.15) is 0 Å². The summed E-state index contributed by atoms with van der Waals surface area (Å²) >= 11 is 1.24. The standard InChI is InChI=1S/C13H10N4OS/c1-14-10-6-11(19-13-15-7-16-17-13)12(18)9-5-3-2-4-8(9)10/h2-7H,1H3,(H,15,16,17)/b14-10-. The third-order valence-electron chi connectivity index (χ3n) is 2.77. The third-order valence-corrected chi connectivity index (χ3v) is 3.68. The predicted molar refractivity (Wildman–Crippen MR) is 73.6 cm³/mol. The van der Waals surface area contributed by atoms with Crippen molar-refractivity contribution in [2.75, 3.05) is 7.05 Å². The zero-order chi connectivity index (χ0) is 13.2. The van der Waals surface area contributed by atoms with Crippen LogP contribution < -0.4 is 0 Å². The number of aliphatic imine (C=N–C) groups is 1. The number of carbonyl (C=O) groups excluding carboxylic acids is 1. The van der Waals surface area contributed by atoms with E-state index in [1.54, 1.807) is 13.1 Å². The van der Waals surface area contributed by atoms with E-state index >= 15 is 0 Å². The van der Waals surface area contributed by atoms with Crippen molar-refractivity contribution in [3.05, 3.63) is 52.7 Å². The molecule has 0 atom stereocenters. The van der Waals surface area contributed by atoms with Gasteiger partial charge in [0, 0.05) is 18.2 Å². The summed E-state index contributed by atoms with van der Waals surface area (Å²) in [5.74, 6) is -0.0159. The zero-order valence-corrected chi connectivity index (χ0v) is 10.9. The Hall–Kier alpha value is -2.21. The molecule has 0 saturated heterocycles. The van der Waals surface area contributed by atoms with Gasteiger partial charge in [-0.25, -0.2) is 4.98 Å². The van der Waals surface area contributed by atoms with E-state index < -0.39 is 0 Å². The summed E-state index contributed by atoms with van der Waals surface area (Å²) < 4.78 is 0. The molecule has 2 aromatic rings. The Balaban J connectivity index is 2.04. The van der Waals surface area contributed by atoms with E-state index in [0.29, 0.717) is 15.6 Å². The highest BCUT2D eigenvalue weighted by molar-refractivity contribution is 8.03. The first kappa shape index (κ1) is 11.9. The molecule has 0 aliphatic heterocycles. The molecule has 6 heteroatoms. The van der Waals surface area contributed by atoms with Crippen molar-refractivity contribution in [2.24, 2.45) is 4.99 Å². The molecule has 1 aliphatic carbocycles. The van der Waals surface area contributed by atoms with Gasteiger partial charge in [-0.3, -0.25) is 14.9 Å². The number of carbonyl (C=O) groups is 1. The van der Waals surface area contributed by atoms with Gasteiger partial charge in [0.05, 0.1) is 10.6 Å². The van der Waals surface area contributed by atoms with Crippen LogP contribution in [0.3, 0.4) is 0 Å². The summed E-state index contributed by atoms with van der Waals surface area (Å²) in [5, 5.41) is 7.10. The zero-order valence-electron chi connectivity index (χ0n) is 10.1. The second-order valence-corrected chi connectivity index (χ2v) is 4.88. The molecule has 0 radical (unpaired) electrons. The molecule has 5 nitrogen and oxygen atoms in total. The summed E-state index contributed by atoms with van der Waals surface area (Å²) in [6.07, 6.45) is 3.27. The molecule has 1 aromatic heterocycles. The maximum absolute atomic E-state index is 12.4. The molecule has 0 saturated carbocycles. The predicted octanol–water partition coefficient (Wildman–Crippen LogP) is 2.10. The number of benzene rings is 1. The van der Waals surface area contributed by atoms with E-state index in [-0.39, 0.29) is 5.78 Å². The van der Waals surface area contributed by atoms with Crippen LogP contribution in [0.25, 0.3) is 0 Å². The number of H-pyrrole nitrogens is 1. The number of allylic oxidation sites excluding steroid dienone is 2. The lowest BCUT2D eigenvalue weighted by Gasteiger charge is -2.15. The van der Waals surface area contributed by atoms with Crippen molar-refractivity contribution in [1.29, 1.82) is 0 Å². The third kappa shape index (κ3) is 2.10. The van der Waals surface area contributed by atoms with E-state index in [1.807, 2.05) is 24.3 Å². The molecule has 0 amide bonds. The Labute approximate surface area is 113 Å². The number of hydrogen-bond donors (Lipinski definition) is 1. The first-order chi connectivity index (χ1) is 9.29. The quantitative estimate of drug-likeness (QED) is 0.907. The van der Waals surface area contributed by atoms with E-state index in [1.165, 1.54) is 18.1 Å². The van der Waals surface area contributed by atoms with Gasteiger partial charge in [0.15, 0.2) is 0 Å². The number of hydrogen-bond acceptors (Lipinski definition) is 5. The van der Waals surface area contributed by atoms with Crippen molar-refractivity contribution in [1.82, 2.24) is 15.2 Å². The van der Waals surface area contributed by atoms with Gasteiger partial charge in [0.25, 0.3) is 0 Å². The van der Waals surface area contributed by atoms with E-state index in [9.17, 15) is 4.79 Å². The Morgan fingerprint density at radius 1 is 1.26 bits per heavy atom. The number of thioether (sulfide) groups is 1. The summed E-state index contributed by atoms with van der Waals surface area (Å²) in [6, 6.07) is 7.47. The molecule has 1 aromatic carbocycles. The minimum Gasteiger partial charge on any atom is -0.288 e. The van der Waals surface area contributed by atoms with E-state index in [4.69, 9.17) is 0 Å². The lowest BCUT2D eigenvalue weighted by atomic mass is 9.94. The highest BCUT2D eigenvalue weighted by Crippen LogP contribution is 2.31. The van der Waals surface area contributed by atoms with Gasteiger partial charge < -0.3 is 0 Å². The van der Waals surface area contributed by atoms with Crippen LogP contribution in [0.2, 0.25) is 0 Å². The van der Waals surface area contributed by atoms with Gasteiger partial charge in [0.2, 0.25) is 10.9 Å². The van der Waals surface area contributed by atoms with Gasteiger partial charge >= 0.3 is 0 Å². The van der Waals surface area contributed by atoms with Gasteiger partial charge in [-0.1, -0.05) is 24.3 Å². The number of nitrogens with one attached hydrogen (secondary N) is 1. The molecule has 1 N–H and O–H groups in total. The molecule has 19 heavy (non-hydrogen) atoms. The summed E-state index contributed by atoms with van der Waals surface area (Å²) in [7, 11) is 1.72. The van der Waals surface area contributed by atoms with Gasteiger partial charge in [0.1, 0.15) is 6.33 Å². The molecule has 0 fully saturated rings. The molecule has 0 spiro atoms. The van der Waals surface area contributed by atoms with Gasteiger partial charge in [-0.05, 0) is 17.8 Å². The Kier molecular flexibility index (Phi) is 3.00. The first-order valence-corrected chi connectivity index (χ1v) is 6.47. The summed E-state index contributed by atoms with van der Waals surface area (Å²) in [4.78, 5) is 21.2. The number of rotatable bonds is 2. The van der Waals surface area contributed by atoms with Crippen LogP contribution in [0.5, 0.6) is 0 Å². The fourth-order valence-electron chi connectivity index (χ4n) is 1.91. The molecule has 0 bridgehead atoms. The largest absolute Gasteiger partial charge is 0.288 e. The average Bonchev–Trinajstić information content (AvgIpc) is 2.95. The van der Waals surface area contributed by atoms with Crippen molar-refractivity contribution < 1.29 is 4.79 Å². The smallest absolute Gasteiger partial charge is 0.213 e. The Morgan fingerprint density at radius 2 is 2.05 bits per heavy atom. The highest BCUT2D eigenvalue weighted by Gasteiger charge is 2.25. The van der Waals surface area contributed by atoms with Crippen molar-refractivity contribution in [3.8, 4) is 0 Å².